The highest BCUT2D eigenvalue weighted by Gasteiger charge is 2.01. The molecule has 2 aliphatic carbocycles. The Bertz CT molecular complexity index is 659. The van der Waals surface area contributed by atoms with Gasteiger partial charge in [-0.2, -0.15) is 5.26 Å². The standard InChI is InChI=1S/C17H11N/c18-12-13-4-6-16(7-5-13)17-10-8-14-2-1-3-15(14)9-11-17/h1-11H. The van der Waals surface area contributed by atoms with Gasteiger partial charge in [-0.3, -0.25) is 0 Å². The highest BCUT2D eigenvalue weighted by atomic mass is 14.2. The minimum absolute atomic E-state index is 0.692. The lowest BCUT2D eigenvalue weighted by atomic mass is 10.1. The topological polar surface area (TPSA) is 23.8 Å². The molecule has 2 aliphatic rings. The summed E-state index contributed by atoms with van der Waals surface area (Å²) in [5, 5.41) is 8.79. The van der Waals surface area contributed by atoms with Gasteiger partial charge >= 0.3 is 0 Å². The largest absolute Gasteiger partial charge is 0.192 e. The Balaban J connectivity index is 2.08. The summed E-state index contributed by atoms with van der Waals surface area (Å²) in [6.45, 7) is 0. The predicted molar refractivity (Wildman–Crippen MR) is 73.2 cm³/mol. The molecule has 1 aromatic rings. The lowest BCUT2D eigenvalue weighted by Gasteiger charge is -1.98. The molecule has 0 bridgehead atoms. The van der Waals surface area contributed by atoms with Gasteiger partial charge in [-0.15, -0.1) is 0 Å². The Hall–Kier alpha value is -2.59. The average molecular weight is 229 g/mol. The third-order valence-electron chi connectivity index (χ3n) is 3.12. The Labute approximate surface area is 106 Å². The fraction of sp³-hybridized carbons (Fsp3) is 0. The van der Waals surface area contributed by atoms with E-state index in [1.54, 1.807) is 0 Å². The molecular formula is C17H11N. The van der Waals surface area contributed by atoms with E-state index >= 15 is 0 Å². The molecule has 0 atom stereocenters. The summed E-state index contributed by atoms with van der Waals surface area (Å²) >= 11 is 0. The molecule has 0 heterocycles. The number of nitriles is 1. The van der Waals surface area contributed by atoms with Gasteiger partial charge in [0.05, 0.1) is 11.6 Å². The highest BCUT2D eigenvalue weighted by Crippen LogP contribution is 2.26. The molecule has 0 N–H and O–H groups in total. The molecule has 1 nitrogen and oxygen atoms in total. The SMILES string of the molecule is N#Cc1ccc(-c2ccc3cccc-3cc2)cc1. The molecule has 84 valence electrons. The van der Waals surface area contributed by atoms with Crippen LogP contribution in [0.2, 0.25) is 0 Å². The maximum atomic E-state index is 8.79. The van der Waals surface area contributed by atoms with Crippen molar-refractivity contribution >= 4 is 0 Å². The first-order valence-corrected chi connectivity index (χ1v) is 5.86. The lowest BCUT2D eigenvalue weighted by molar-refractivity contribution is 1.48. The van der Waals surface area contributed by atoms with Crippen molar-refractivity contribution in [2.24, 2.45) is 0 Å². The number of fused-ring (bicyclic) bond motifs is 1. The number of benzene rings is 1. The summed E-state index contributed by atoms with van der Waals surface area (Å²) < 4.78 is 0. The molecule has 0 radical (unpaired) electrons. The van der Waals surface area contributed by atoms with Gasteiger partial charge in [0.25, 0.3) is 0 Å². The molecule has 0 amide bonds. The van der Waals surface area contributed by atoms with E-state index in [2.05, 4.69) is 48.5 Å². The van der Waals surface area contributed by atoms with E-state index < -0.39 is 0 Å². The third-order valence-corrected chi connectivity index (χ3v) is 3.12. The Morgan fingerprint density at radius 2 is 0.944 bits per heavy atom. The maximum absolute atomic E-state index is 8.79. The van der Waals surface area contributed by atoms with Crippen molar-refractivity contribution in [2.45, 2.75) is 0 Å². The van der Waals surface area contributed by atoms with Crippen molar-refractivity contribution < 1.29 is 0 Å². The smallest absolute Gasteiger partial charge is 0.0991 e. The number of hydrogen-bond acceptors (Lipinski definition) is 1. The van der Waals surface area contributed by atoms with E-state index in [9.17, 15) is 0 Å². The van der Waals surface area contributed by atoms with E-state index in [0.717, 1.165) is 11.1 Å². The maximum Gasteiger partial charge on any atom is 0.0991 e. The molecular weight excluding hydrogens is 218 g/mol. The van der Waals surface area contributed by atoms with Gasteiger partial charge in [-0.1, -0.05) is 54.6 Å². The van der Waals surface area contributed by atoms with Gasteiger partial charge < -0.3 is 0 Å². The normalized spacial score (nSPS) is 10.2. The first-order valence-electron chi connectivity index (χ1n) is 5.86. The Kier molecular flexibility index (Phi) is 2.55. The van der Waals surface area contributed by atoms with E-state index in [0.29, 0.717) is 5.56 Å². The monoisotopic (exact) mass is 229 g/mol. The van der Waals surface area contributed by atoms with Crippen LogP contribution >= 0.6 is 0 Å². The number of nitrogens with zero attached hydrogens (tertiary/aromatic N) is 1. The predicted octanol–water partition coefficient (Wildman–Crippen LogP) is 4.33. The fourth-order valence-corrected chi connectivity index (χ4v) is 2.10. The molecule has 3 rings (SSSR count). The second-order valence-electron chi connectivity index (χ2n) is 4.25. The van der Waals surface area contributed by atoms with Crippen molar-refractivity contribution in [2.75, 3.05) is 0 Å². The van der Waals surface area contributed by atoms with E-state index in [4.69, 9.17) is 5.26 Å². The van der Waals surface area contributed by atoms with E-state index in [1.165, 1.54) is 11.1 Å². The van der Waals surface area contributed by atoms with Crippen molar-refractivity contribution in [3.8, 4) is 28.3 Å². The van der Waals surface area contributed by atoms with Crippen LogP contribution in [0.25, 0.3) is 22.3 Å². The lowest BCUT2D eigenvalue weighted by Crippen LogP contribution is -1.76. The summed E-state index contributed by atoms with van der Waals surface area (Å²) in [4.78, 5) is 0. The van der Waals surface area contributed by atoms with Crippen LogP contribution in [0.1, 0.15) is 5.56 Å². The minimum Gasteiger partial charge on any atom is -0.192 e. The Morgan fingerprint density at radius 3 is 1.39 bits per heavy atom. The van der Waals surface area contributed by atoms with Crippen molar-refractivity contribution in [3.05, 3.63) is 72.3 Å². The second-order valence-corrected chi connectivity index (χ2v) is 4.25. The quantitative estimate of drug-likeness (QED) is 0.609. The summed E-state index contributed by atoms with van der Waals surface area (Å²) in [6.07, 6.45) is 0. The van der Waals surface area contributed by atoms with Gasteiger partial charge in [0.2, 0.25) is 0 Å². The summed E-state index contributed by atoms with van der Waals surface area (Å²) in [5.74, 6) is 0. The summed E-state index contributed by atoms with van der Waals surface area (Å²) in [6, 6.07) is 24.6. The van der Waals surface area contributed by atoms with Gasteiger partial charge in [0.1, 0.15) is 0 Å². The minimum atomic E-state index is 0.692. The van der Waals surface area contributed by atoms with Crippen molar-refractivity contribution in [3.63, 3.8) is 0 Å². The molecule has 0 fully saturated rings. The molecule has 0 saturated heterocycles. The van der Waals surface area contributed by atoms with Gasteiger partial charge in [-0.25, -0.2) is 0 Å². The van der Waals surface area contributed by atoms with Crippen LogP contribution in [0.4, 0.5) is 0 Å². The van der Waals surface area contributed by atoms with Crippen LogP contribution in [0, 0.1) is 11.3 Å². The zero-order valence-corrected chi connectivity index (χ0v) is 9.80. The van der Waals surface area contributed by atoms with Crippen LogP contribution in [0.5, 0.6) is 0 Å². The molecule has 0 aliphatic heterocycles. The third kappa shape index (κ3) is 1.85. The second kappa shape index (κ2) is 4.35. The molecule has 18 heavy (non-hydrogen) atoms. The summed E-state index contributed by atoms with van der Waals surface area (Å²) in [7, 11) is 0. The van der Waals surface area contributed by atoms with Crippen LogP contribution < -0.4 is 0 Å². The zero-order chi connectivity index (χ0) is 12.4. The zero-order valence-electron chi connectivity index (χ0n) is 9.80. The fourth-order valence-electron chi connectivity index (χ4n) is 2.10. The highest BCUT2D eigenvalue weighted by molar-refractivity contribution is 5.71. The summed E-state index contributed by atoms with van der Waals surface area (Å²) in [5.41, 5.74) is 5.48. The molecule has 1 heteroatoms. The molecule has 0 saturated carbocycles. The van der Waals surface area contributed by atoms with Gasteiger partial charge in [0, 0.05) is 0 Å². The van der Waals surface area contributed by atoms with Crippen LogP contribution in [-0.2, 0) is 0 Å². The van der Waals surface area contributed by atoms with Crippen LogP contribution in [-0.4, -0.2) is 0 Å². The van der Waals surface area contributed by atoms with Gasteiger partial charge in [0.15, 0.2) is 0 Å². The van der Waals surface area contributed by atoms with Crippen LogP contribution in [0.15, 0.2) is 66.7 Å². The van der Waals surface area contributed by atoms with Crippen molar-refractivity contribution in [1.29, 1.82) is 5.26 Å². The Morgan fingerprint density at radius 1 is 0.556 bits per heavy atom. The molecule has 1 aromatic carbocycles. The number of rotatable bonds is 1. The van der Waals surface area contributed by atoms with Crippen LogP contribution in [0.3, 0.4) is 0 Å². The van der Waals surface area contributed by atoms with Gasteiger partial charge in [-0.05, 0) is 34.4 Å². The molecule has 0 unspecified atom stereocenters. The molecule has 0 aromatic heterocycles. The first kappa shape index (κ1) is 10.6. The van der Waals surface area contributed by atoms with E-state index in [1.807, 2.05) is 24.3 Å². The average Bonchev–Trinajstić information content (AvgIpc) is 2.78. The van der Waals surface area contributed by atoms with Crippen molar-refractivity contribution in [1.82, 2.24) is 0 Å². The number of hydrogen-bond donors (Lipinski definition) is 0. The first-order chi connectivity index (χ1) is 8.86. The molecule has 0 spiro atoms. The van der Waals surface area contributed by atoms with E-state index in [-0.39, 0.29) is 0 Å².